The van der Waals surface area contributed by atoms with Crippen LogP contribution in [0.25, 0.3) is 0 Å². The molecular weight excluding hydrogens is 359 g/mol. The zero-order valence-electron chi connectivity index (χ0n) is 14.8. The van der Waals surface area contributed by atoms with Crippen molar-refractivity contribution >= 4 is 15.9 Å². The third-order valence-corrected chi connectivity index (χ3v) is 5.31. The second kappa shape index (κ2) is 8.29. The number of carbonyl (C=O) groups excluding carboxylic acids is 1. The molecule has 0 heterocycles. The number of nitrogens with one attached hydrogen (secondary N) is 1. The zero-order valence-corrected chi connectivity index (χ0v) is 15.6. The van der Waals surface area contributed by atoms with Gasteiger partial charge in [-0.25, -0.2) is 12.8 Å². The van der Waals surface area contributed by atoms with Crippen LogP contribution in [-0.4, -0.2) is 39.4 Å². The van der Waals surface area contributed by atoms with Crippen molar-refractivity contribution < 1.29 is 22.3 Å². The minimum absolute atomic E-state index is 0.0331. The van der Waals surface area contributed by atoms with E-state index in [0.29, 0.717) is 11.3 Å². The first-order chi connectivity index (χ1) is 12.2. The van der Waals surface area contributed by atoms with Gasteiger partial charge in [0.15, 0.2) is 0 Å². The number of carbonyl (C=O) groups is 1. The third-order valence-electron chi connectivity index (χ3n) is 3.76. The van der Waals surface area contributed by atoms with E-state index in [-0.39, 0.29) is 11.4 Å². The molecule has 0 aliphatic rings. The summed E-state index contributed by atoms with van der Waals surface area (Å²) in [5, 5.41) is 0. The minimum Gasteiger partial charge on any atom is -0.497 e. The molecule has 0 saturated heterocycles. The number of sulfonamides is 1. The summed E-state index contributed by atoms with van der Waals surface area (Å²) in [5.41, 5.74) is 0.617. The number of likely N-dealkylation sites (N-methyl/N-ethyl adjacent to an activating group) is 1. The van der Waals surface area contributed by atoms with Crippen LogP contribution in [0.15, 0.2) is 53.4 Å². The average Bonchev–Trinajstić information content (AvgIpc) is 2.60. The Morgan fingerprint density at radius 1 is 1.23 bits per heavy atom. The first-order valence-corrected chi connectivity index (χ1v) is 9.37. The first-order valence-electron chi connectivity index (χ1n) is 7.89. The van der Waals surface area contributed by atoms with Crippen LogP contribution in [0, 0.1) is 5.82 Å². The fraction of sp³-hybridized carbons (Fsp3) is 0.278. The van der Waals surface area contributed by atoms with Crippen LogP contribution in [0.1, 0.15) is 12.5 Å². The second-order valence-electron chi connectivity index (χ2n) is 5.84. The number of ether oxygens (including phenoxy) is 1. The summed E-state index contributed by atoms with van der Waals surface area (Å²) in [4.78, 5) is 13.8. The summed E-state index contributed by atoms with van der Waals surface area (Å²) in [6.07, 6.45) is 0. The van der Waals surface area contributed by atoms with Crippen LogP contribution < -0.4 is 9.46 Å². The van der Waals surface area contributed by atoms with Gasteiger partial charge in [0.2, 0.25) is 15.9 Å². The van der Waals surface area contributed by atoms with E-state index in [1.165, 1.54) is 62.4 Å². The van der Waals surface area contributed by atoms with Crippen molar-refractivity contribution in [3.05, 3.63) is 59.9 Å². The highest BCUT2D eigenvalue weighted by Gasteiger charge is 2.24. The SMILES string of the molecule is COc1ccc(S(=O)(=O)N[C@@H](C)C(=O)N(C)Cc2cccc(F)c2)cc1. The Morgan fingerprint density at radius 3 is 2.46 bits per heavy atom. The second-order valence-corrected chi connectivity index (χ2v) is 7.56. The van der Waals surface area contributed by atoms with Gasteiger partial charge in [-0.3, -0.25) is 4.79 Å². The quantitative estimate of drug-likeness (QED) is 0.799. The molecule has 2 aromatic rings. The molecule has 0 fully saturated rings. The summed E-state index contributed by atoms with van der Waals surface area (Å²) in [5.74, 6) is -0.286. The Bertz CT molecular complexity index is 869. The third kappa shape index (κ3) is 5.03. The van der Waals surface area contributed by atoms with E-state index in [4.69, 9.17) is 4.74 Å². The molecule has 2 rings (SSSR count). The van der Waals surface area contributed by atoms with Crippen LogP contribution in [0.4, 0.5) is 4.39 Å². The van der Waals surface area contributed by atoms with Crippen molar-refractivity contribution in [2.24, 2.45) is 0 Å². The number of hydrogen-bond acceptors (Lipinski definition) is 4. The lowest BCUT2D eigenvalue weighted by Gasteiger charge is -2.22. The number of rotatable bonds is 7. The standard InChI is InChI=1S/C18H21FN2O4S/c1-13(18(22)21(2)12-14-5-4-6-15(19)11-14)20-26(23,24)17-9-7-16(25-3)8-10-17/h4-11,13,20H,12H2,1-3H3/t13-/m0/s1. The Labute approximate surface area is 152 Å². The lowest BCUT2D eigenvalue weighted by Crippen LogP contribution is -2.45. The van der Waals surface area contributed by atoms with Gasteiger partial charge < -0.3 is 9.64 Å². The molecule has 8 heteroatoms. The van der Waals surface area contributed by atoms with Gasteiger partial charge in [-0.05, 0) is 48.9 Å². The Kier molecular flexibility index (Phi) is 6.33. The maximum absolute atomic E-state index is 13.2. The Hall–Kier alpha value is -2.45. The van der Waals surface area contributed by atoms with Gasteiger partial charge >= 0.3 is 0 Å². The summed E-state index contributed by atoms with van der Waals surface area (Å²) >= 11 is 0. The lowest BCUT2D eigenvalue weighted by atomic mass is 10.2. The largest absolute Gasteiger partial charge is 0.497 e. The fourth-order valence-electron chi connectivity index (χ4n) is 2.42. The van der Waals surface area contributed by atoms with Gasteiger partial charge in [-0.2, -0.15) is 4.72 Å². The summed E-state index contributed by atoms with van der Waals surface area (Å²) < 4.78 is 45.4. The molecule has 0 radical (unpaired) electrons. The van der Waals surface area contributed by atoms with Gasteiger partial charge in [-0.1, -0.05) is 12.1 Å². The normalized spacial score (nSPS) is 12.5. The molecule has 0 aliphatic carbocycles. The molecule has 6 nitrogen and oxygen atoms in total. The summed E-state index contributed by atoms with van der Waals surface area (Å²) in [6, 6.07) is 10.8. The molecule has 1 amide bonds. The maximum atomic E-state index is 13.2. The molecular formula is C18H21FN2O4S. The fourth-order valence-corrected chi connectivity index (χ4v) is 3.62. The Morgan fingerprint density at radius 2 is 1.88 bits per heavy atom. The zero-order chi connectivity index (χ0) is 19.3. The van der Waals surface area contributed by atoms with E-state index < -0.39 is 27.8 Å². The molecule has 0 unspecified atom stereocenters. The van der Waals surface area contributed by atoms with Crippen molar-refractivity contribution in [3.8, 4) is 5.75 Å². The molecule has 26 heavy (non-hydrogen) atoms. The number of hydrogen-bond donors (Lipinski definition) is 1. The van der Waals surface area contributed by atoms with E-state index in [1.807, 2.05) is 0 Å². The van der Waals surface area contributed by atoms with Gasteiger partial charge in [0, 0.05) is 13.6 Å². The molecule has 0 aliphatic heterocycles. The highest BCUT2D eigenvalue weighted by molar-refractivity contribution is 7.89. The molecule has 2 aromatic carbocycles. The number of nitrogens with zero attached hydrogens (tertiary/aromatic N) is 1. The van der Waals surface area contributed by atoms with Crippen molar-refractivity contribution in [1.82, 2.24) is 9.62 Å². The predicted octanol–water partition coefficient (Wildman–Crippen LogP) is 2.16. The molecule has 0 bridgehead atoms. The number of halogens is 1. The number of methoxy groups -OCH3 is 1. The summed E-state index contributed by atoms with van der Waals surface area (Å²) in [7, 11) is -0.839. The van der Waals surface area contributed by atoms with Gasteiger partial charge in [0.25, 0.3) is 0 Å². The van der Waals surface area contributed by atoms with Crippen molar-refractivity contribution in [1.29, 1.82) is 0 Å². The minimum atomic E-state index is -3.86. The van der Waals surface area contributed by atoms with E-state index >= 15 is 0 Å². The van der Waals surface area contributed by atoms with E-state index in [9.17, 15) is 17.6 Å². The van der Waals surface area contributed by atoms with Gasteiger partial charge in [-0.15, -0.1) is 0 Å². The van der Waals surface area contributed by atoms with E-state index in [2.05, 4.69) is 4.72 Å². The molecule has 1 atom stereocenters. The average molecular weight is 380 g/mol. The highest BCUT2D eigenvalue weighted by Crippen LogP contribution is 2.16. The smallest absolute Gasteiger partial charge is 0.241 e. The summed E-state index contributed by atoms with van der Waals surface area (Å²) in [6.45, 7) is 1.64. The van der Waals surface area contributed by atoms with Crippen LogP contribution in [0.3, 0.4) is 0 Å². The lowest BCUT2D eigenvalue weighted by molar-refractivity contribution is -0.131. The van der Waals surface area contributed by atoms with E-state index in [0.717, 1.165) is 0 Å². The first kappa shape index (κ1) is 19.9. The van der Waals surface area contributed by atoms with E-state index in [1.54, 1.807) is 12.1 Å². The van der Waals surface area contributed by atoms with Gasteiger partial charge in [0.05, 0.1) is 18.0 Å². The van der Waals surface area contributed by atoms with Gasteiger partial charge in [0.1, 0.15) is 11.6 Å². The topological polar surface area (TPSA) is 75.7 Å². The van der Waals surface area contributed by atoms with Crippen molar-refractivity contribution in [2.45, 2.75) is 24.4 Å². The van der Waals surface area contributed by atoms with Crippen LogP contribution >= 0.6 is 0 Å². The molecule has 0 spiro atoms. The van der Waals surface area contributed by atoms with Crippen molar-refractivity contribution in [2.75, 3.05) is 14.2 Å². The van der Waals surface area contributed by atoms with Crippen molar-refractivity contribution in [3.63, 3.8) is 0 Å². The molecule has 140 valence electrons. The van der Waals surface area contributed by atoms with Crippen LogP contribution in [-0.2, 0) is 21.4 Å². The number of benzene rings is 2. The maximum Gasteiger partial charge on any atom is 0.241 e. The Balaban J connectivity index is 2.04. The molecule has 0 saturated carbocycles. The predicted molar refractivity (Wildman–Crippen MR) is 95.7 cm³/mol. The number of amides is 1. The molecule has 0 aromatic heterocycles. The van der Waals surface area contributed by atoms with Crippen LogP contribution in [0.5, 0.6) is 5.75 Å². The highest BCUT2D eigenvalue weighted by atomic mass is 32.2. The van der Waals surface area contributed by atoms with Crippen LogP contribution in [0.2, 0.25) is 0 Å². The molecule has 1 N–H and O–H groups in total. The monoisotopic (exact) mass is 380 g/mol.